The molecule has 0 saturated heterocycles. The van der Waals surface area contributed by atoms with Crippen molar-refractivity contribution in [3.05, 3.63) is 95.6 Å². The van der Waals surface area contributed by atoms with E-state index in [0.29, 0.717) is 16.6 Å². The minimum absolute atomic E-state index is 0.114. The molecule has 1 unspecified atom stereocenters. The fourth-order valence-corrected chi connectivity index (χ4v) is 5.09. The molecule has 2 heterocycles. The first-order chi connectivity index (χ1) is 13.0. The van der Waals surface area contributed by atoms with Crippen molar-refractivity contribution in [1.29, 1.82) is 0 Å². The molecule has 1 N–H and O–H groups in total. The summed E-state index contributed by atoms with van der Waals surface area (Å²) in [5, 5.41) is -0.527. The van der Waals surface area contributed by atoms with Gasteiger partial charge in [-0.05, 0) is 37.3 Å². The number of aromatic amines is 1. The number of aromatic nitrogens is 2. The number of rotatable bonds is 4. The summed E-state index contributed by atoms with van der Waals surface area (Å²) in [6.07, 6.45) is 3.22. The van der Waals surface area contributed by atoms with Crippen molar-refractivity contribution < 1.29 is 12.8 Å². The highest BCUT2D eigenvalue weighted by Gasteiger charge is 2.34. The van der Waals surface area contributed by atoms with Gasteiger partial charge in [0.2, 0.25) is 0 Å². The molecule has 4 nitrogen and oxygen atoms in total. The molecule has 27 heavy (non-hydrogen) atoms. The average molecular weight is 380 g/mol. The van der Waals surface area contributed by atoms with Crippen molar-refractivity contribution in [3.63, 3.8) is 0 Å². The van der Waals surface area contributed by atoms with Crippen molar-refractivity contribution >= 4 is 20.9 Å². The second-order valence-electron chi connectivity index (χ2n) is 6.40. The van der Waals surface area contributed by atoms with Gasteiger partial charge < -0.3 is 4.98 Å². The number of fused-ring (bicyclic) bond motifs is 1. The molecule has 0 amide bonds. The van der Waals surface area contributed by atoms with Crippen LogP contribution in [0.3, 0.4) is 0 Å². The summed E-state index contributed by atoms with van der Waals surface area (Å²) in [6.45, 7) is 1.88. The molecule has 1 atom stereocenters. The molecule has 0 bridgehead atoms. The van der Waals surface area contributed by atoms with E-state index < -0.39 is 20.9 Å². The fraction of sp³-hybridized carbons (Fsp3) is 0.0952. The Bertz CT molecular complexity index is 1210. The van der Waals surface area contributed by atoms with Gasteiger partial charge in [-0.15, -0.1) is 0 Å². The molecular weight excluding hydrogens is 363 g/mol. The Hall–Kier alpha value is -2.99. The van der Waals surface area contributed by atoms with Crippen LogP contribution in [0.15, 0.2) is 78.0 Å². The Morgan fingerprint density at radius 1 is 0.963 bits per heavy atom. The van der Waals surface area contributed by atoms with Crippen molar-refractivity contribution in [2.75, 3.05) is 0 Å². The van der Waals surface area contributed by atoms with Crippen molar-refractivity contribution in [2.45, 2.75) is 17.1 Å². The molecule has 0 fully saturated rings. The first kappa shape index (κ1) is 17.4. The molecule has 4 rings (SSSR count). The number of sulfone groups is 1. The van der Waals surface area contributed by atoms with E-state index in [9.17, 15) is 12.8 Å². The lowest BCUT2D eigenvalue weighted by molar-refractivity contribution is 0.578. The Morgan fingerprint density at radius 2 is 1.70 bits per heavy atom. The number of hydrogen-bond donors (Lipinski definition) is 1. The molecule has 0 spiro atoms. The van der Waals surface area contributed by atoms with Gasteiger partial charge in [0.05, 0.1) is 4.90 Å². The SMILES string of the molecule is Cc1ccc(S(=O)(=O)C(c2ccccc2F)c2c[nH]c3ncccc23)cc1. The maximum Gasteiger partial charge on any atom is 0.189 e. The summed E-state index contributed by atoms with van der Waals surface area (Å²) in [4.78, 5) is 7.37. The van der Waals surface area contributed by atoms with Crippen LogP contribution in [-0.4, -0.2) is 18.4 Å². The Balaban J connectivity index is 2.00. The molecule has 0 saturated carbocycles. The third-order valence-electron chi connectivity index (χ3n) is 4.61. The summed E-state index contributed by atoms with van der Waals surface area (Å²) < 4.78 is 41.7. The zero-order valence-electron chi connectivity index (χ0n) is 14.6. The van der Waals surface area contributed by atoms with Gasteiger partial charge in [-0.2, -0.15) is 0 Å². The minimum Gasteiger partial charge on any atom is -0.346 e. The van der Waals surface area contributed by atoms with Crippen LogP contribution in [0.5, 0.6) is 0 Å². The van der Waals surface area contributed by atoms with Crippen LogP contribution >= 0.6 is 0 Å². The molecule has 4 aromatic rings. The van der Waals surface area contributed by atoms with E-state index in [1.807, 2.05) is 6.92 Å². The maximum absolute atomic E-state index is 14.7. The summed E-state index contributed by atoms with van der Waals surface area (Å²) in [5.74, 6) is -0.559. The van der Waals surface area contributed by atoms with Gasteiger partial charge in [0.15, 0.2) is 9.84 Å². The third-order valence-corrected chi connectivity index (χ3v) is 6.67. The minimum atomic E-state index is -3.90. The smallest absolute Gasteiger partial charge is 0.189 e. The van der Waals surface area contributed by atoms with E-state index in [-0.39, 0.29) is 10.5 Å². The fourth-order valence-electron chi connectivity index (χ4n) is 3.25. The van der Waals surface area contributed by atoms with E-state index in [4.69, 9.17) is 0 Å². The number of pyridine rings is 1. The lowest BCUT2D eigenvalue weighted by Gasteiger charge is -2.19. The maximum atomic E-state index is 14.7. The average Bonchev–Trinajstić information content (AvgIpc) is 3.08. The molecule has 0 radical (unpaired) electrons. The van der Waals surface area contributed by atoms with Gasteiger partial charge in [0, 0.05) is 28.9 Å². The van der Waals surface area contributed by atoms with Gasteiger partial charge in [-0.1, -0.05) is 35.9 Å². The predicted octanol–water partition coefficient (Wildman–Crippen LogP) is 4.57. The molecule has 0 aliphatic rings. The number of halogens is 1. The lowest BCUT2D eigenvalue weighted by atomic mass is 10.0. The highest BCUT2D eigenvalue weighted by Crippen LogP contribution is 2.39. The van der Waals surface area contributed by atoms with Crippen molar-refractivity contribution in [1.82, 2.24) is 9.97 Å². The summed E-state index contributed by atoms with van der Waals surface area (Å²) >= 11 is 0. The van der Waals surface area contributed by atoms with Crippen LogP contribution in [0.4, 0.5) is 4.39 Å². The van der Waals surface area contributed by atoms with Crippen LogP contribution in [0.1, 0.15) is 21.9 Å². The van der Waals surface area contributed by atoms with Crippen LogP contribution in [0.2, 0.25) is 0 Å². The van der Waals surface area contributed by atoms with Gasteiger partial charge >= 0.3 is 0 Å². The number of nitrogens with zero attached hydrogens (tertiary/aromatic N) is 1. The molecule has 136 valence electrons. The van der Waals surface area contributed by atoms with Crippen LogP contribution < -0.4 is 0 Å². The van der Waals surface area contributed by atoms with Crippen molar-refractivity contribution in [2.24, 2.45) is 0 Å². The molecular formula is C21H17FN2O2S. The van der Waals surface area contributed by atoms with Gasteiger partial charge in [-0.3, -0.25) is 0 Å². The molecule has 2 aromatic heterocycles. The standard InChI is InChI=1S/C21H17FN2O2S/c1-14-8-10-15(11-9-14)27(25,26)20(17-5-2-3-7-19(17)22)18-13-24-21-16(18)6-4-12-23-21/h2-13,20H,1H3,(H,23,24). The van der Waals surface area contributed by atoms with Crippen LogP contribution in [-0.2, 0) is 9.84 Å². The number of benzene rings is 2. The molecule has 2 aromatic carbocycles. The van der Waals surface area contributed by atoms with E-state index in [1.54, 1.807) is 60.9 Å². The van der Waals surface area contributed by atoms with Crippen LogP contribution in [0, 0.1) is 12.7 Å². The van der Waals surface area contributed by atoms with E-state index in [1.165, 1.54) is 12.1 Å². The van der Waals surface area contributed by atoms with E-state index in [0.717, 1.165) is 5.56 Å². The molecule has 0 aliphatic carbocycles. The highest BCUT2D eigenvalue weighted by molar-refractivity contribution is 7.92. The molecule has 0 aliphatic heterocycles. The molecule has 6 heteroatoms. The predicted molar refractivity (Wildman–Crippen MR) is 103 cm³/mol. The quantitative estimate of drug-likeness (QED) is 0.564. The first-order valence-corrected chi connectivity index (χ1v) is 10.00. The Morgan fingerprint density at radius 3 is 2.44 bits per heavy atom. The largest absolute Gasteiger partial charge is 0.346 e. The second-order valence-corrected chi connectivity index (χ2v) is 8.44. The Labute approximate surface area is 156 Å². The number of nitrogens with one attached hydrogen (secondary N) is 1. The summed E-state index contributed by atoms with van der Waals surface area (Å²) in [5.41, 5.74) is 2.10. The van der Waals surface area contributed by atoms with Gasteiger partial charge in [-0.25, -0.2) is 17.8 Å². The number of hydrogen-bond acceptors (Lipinski definition) is 3. The monoisotopic (exact) mass is 380 g/mol. The summed E-state index contributed by atoms with van der Waals surface area (Å²) in [7, 11) is -3.90. The zero-order valence-corrected chi connectivity index (χ0v) is 15.4. The second kappa shape index (κ2) is 6.63. The van der Waals surface area contributed by atoms with Crippen molar-refractivity contribution in [3.8, 4) is 0 Å². The lowest BCUT2D eigenvalue weighted by Crippen LogP contribution is -2.16. The van der Waals surface area contributed by atoms with Crippen LogP contribution in [0.25, 0.3) is 11.0 Å². The zero-order chi connectivity index (χ0) is 19.0. The van der Waals surface area contributed by atoms with Gasteiger partial charge in [0.25, 0.3) is 0 Å². The van der Waals surface area contributed by atoms with E-state index >= 15 is 0 Å². The highest BCUT2D eigenvalue weighted by atomic mass is 32.2. The first-order valence-electron chi connectivity index (χ1n) is 8.45. The number of aryl methyl sites for hydroxylation is 1. The normalized spacial score (nSPS) is 13.0. The summed E-state index contributed by atoms with van der Waals surface area (Å²) in [6, 6.07) is 16.1. The van der Waals surface area contributed by atoms with E-state index in [2.05, 4.69) is 9.97 Å². The topological polar surface area (TPSA) is 62.8 Å². The third kappa shape index (κ3) is 3.02. The number of H-pyrrole nitrogens is 1. The Kier molecular flexibility index (Phi) is 4.28. The van der Waals surface area contributed by atoms with Gasteiger partial charge in [0.1, 0.15) is 16.7 Å².